The lowest BCUT2D eigenvalue weighted by Gasteiger charge is -2.25. The predicted molar refractivity (Wildman–Crippen MR) is 65.0 cm³/mol. The molecule has 0 unspecified atom stereocenters. The van der Waals surface area contributed by atoms with E-state index in [1.54, 1.807) is 13.8 Å². The summed E-state index contributed by atoms with van der Waals surface area (Å²) in [6.07, 6.45) is -0.354. The molecule has 0 heterocycles. The third kappa shape index (κ3) is 5.31. The first-order valence-electron chi connectivity index (χ1n) is 5.78. The number of carbonyl (C=O) groups excluding carboxylic acids is 1. The van der Waals surface area contributed by atoms with Crippen LogP contribution in [0.5, 0.6) is 0 Å². The van der Waals surface area contributed by atoms with E-state index in [0.29, 0.717) is 6.42 Å². The molecule has 0 aliphatic heterocycles. The van der Waals surface area contributed by atoms with Crippen LogP contribution in [0.15, 0.2) is 12.2 Å². The third-order valence-corrected chi connectivity index (χ3v) is 2.32. The number of hydrogen-bond acceptors (Lipinski definition) is 3. The van der Waals surface area contributed by atoms with Crippen LogP contribution >= 0.6 is 0 Å². The molecule has 0 radical (unpaired) electrons. The molecular weight excluding hydrogens is 204 g/mol. The van der Waals surface area contributed by atoms with Crippen molar-refractivity contribution < 1.29 is 14.6 Å². The molecule has 16 heavy (non-hydrogen) atoms. The Morgan fingerprint density at radius 1 is 1.31 bits per heavy atom. The van der Waals surface area contributed by atoms with Crippen LogP contribution in [0.1, 0.15) is 41.0 Å². The van der Waals surface area contributed by atoms with Gasteiger partial charge in [0.1, 0.15) is 0 Å². The number of carbonyl (C=O) groups is 1. The molecule has 0 aromatic rings. The Hall–Kier alpha value is -0.830. The van der Waals surface area contributed by atoms with Crippen LogP contribution in [0.25, 0.3) is 0 Å². The van der Waals surface area contributed by atoms with Gasteiger partial charge in [-0.3, -0.25) is 4.79 Å². The van der Waals surface area contributed by atoms with E-state index >= 15 is 0 Å². The minimum absolute atomic E-state index is 0.0315. The van der Waals surface area contributed by atoms with E-state index in [1.807, 2.05) is 20.8 Å². The van der Waals surface area contributed by atoms with Crippen molar-refractivity contribution in [1.82, 2.24) is 0 Å². The van der Waals surface area contributed by atoms with Gasteiger partial charge >= 0.3 is 5.97 Å². The Kier molecular flexibility index (Phi) is 6.34. The molecule has 94 valence electrons. The molecule has 3 nitrogen and oxygen atoms in total. The first-order chi connectivity index (χ1) is 7.25. The second kappa shape index (κ2) is 6.69. The zero-order valence-corrected chi connectivity index (χ0v) is 11.0. The third-order valence-electron chi connectivity index (χ3n) is 2.32. The SMILES string of the molecule is C=C(C)C[C@@H](C(=O)OC(C)C)[C@H](O)C(C)C. The molecule has 3 heteroatoms. The van der Waals surface area contributed by atoms with Crippen molar-refractivity contribution in [3.05, 3.63) is 12.2 Å². The molecular formula is C13H24O3. The zero-order chi connectivity index (χ0) is 12.9. The maximum atomic E-state index is 11.8. The van der Waals surface area contributed by atoms with Gasteiger partial charge in [0.15, 0.2) is 0 Å². The fourth-order valence-corrected chi connectivity index (χ4v) is 1.50. The number of aliphatic hydroxyl groups excluding tert-OH is 1. The smallest absolute Gasteiger partial charge is 0.312 e. The van der Waals surface area contributed by atoms with Crippen LogP contribution in [-0.4, -0.2) is 23.3 Å². The Balaban J connectivity index is 4.65. The average molecular weight is 228 g/mol. The van der Waals surface area contributed by atoms with Gasteiger partial charge in [0.25, 0.3) is 0 Å². The molecule has 0 bridgehead atoms. The Morgan fingerprint density at radius 3 is 2.12 bits per heavy atom. The van der Waals surface area contributed by atoms with E-state index < -0.39 is 12.0 Å². The van der Waals surface area contributed by atoms with E-state index in [1.165, 1.54) is 0 Å². The van der Waals surface area contributed by atoms with Gasteiger partial charge in [-0.1, -0.05) is 19.4 Å². The van der Waals surface area contributed by atoms with Crippen molar-refractivity contribution in [3.63, 3.8) is 0 Å². The van der Waals surface area contributed by atoms with Crippen molar-refractivity contribution in [2.45, 2.75) is 53.2 Å². The van der Waals surface area contributed by atoms with Crippen molar-refractivity contribution in [3.8, 4) is 0 Å². The lowest BCUT2D eigenvalue weighted by Crippen LogP contribution is -2.34. The second-order valence-corrected chi connectivity index (χ2v) is 4.99. The van der Waals surface area contributed by atoms with Gasteiger partial charge in [0, 0.05) is 0 Å². The van der Waals surface area contributed by atoms with E-state index in [-0.39, 0.29) is 18.0 Å². The second-order valence-electron chi connectivity index (χ2n) is 4.99. The first-order valence-corrected chi connectivity index (χ1v) is 5.78. The van der Waals surface area contributed by atoms with Gasteiger partial charge in [-0.05, 0) is 33.1 Å². The first kappa shape index (κ1) is 15.2. The maximum Gasteiger partial charge on any atom is 0.312 e. The topological polar surface area (TPSA) is 46.5 Å². The minimum atomic E-state index is -0.678. The highest BCUT2D eigenvalue weighted by atomic mass is 16.5. The minimum Gasteiger partial charge on any atom is -0.463 e. The summed E-state index contributed by atoms with van der Waals surface area (Å²) in [4.78, 5) is 11.8. The van der Waals surface area contributed by atoms with Gasteiger partial charge in [0.05, 0.1) is 18.1 Å². The molecule has 0 saturated carbocycles. The lowest BCUT2D eigenvalue weighted by atomic mass is 9.88. The number of ether oxygens (including phenoxy) is 1. The highest BCUT2D eigenvalue weighted by Gasteiger charge is 2.30. The van der Waals surface area contributed by atoms with Gasteiger partial charge < -0.3 is 9.84 Å². The van der Waals surface area contributed by atoms with Gasteiger partial charge in [0.2, 0.25) is 0 Å². The summed E-state index contributed by atoms with van der Waals surface area (Å²) in [6, 6.07) is 0. The van der Waals surface area contributed by atoms with Crippen molar-refractivity contribution in [1.29, 1.82) is 0 Å². The Bertz CT molecular complexity index is 244. The van der Waals surface area contributed by atoms with Crippen LogP contribution < -0.4 is 0 Å². The lowest BCUT2D eigenvalue weighted by molar-refractivity contribution is -0.157. The van der Waals surface area contributed by atoms with Crippen LogP contribution in [0.2, 0.25) is 0 Å². The van der Waals surface area contributed by atoms with Crippen LogP contribution in [0.4, 0.5) is 0 Å². The predicted octanol–water partition coefficient (Wildman–Crippen LogP) is 2.54. The summed E-state index contributed by atoms with van der Waals surface area (Å²) >= 11 is 0. The van der Waals surface area contributed by atoms with E-state index in [9.17, 15) is 9.90 Å². The summed E-state index contributed by atoms with van der Waals surface area (Å²) in [7, 11) is 0. The van der Waals surface area contributed by atoms with Gasteiger partial charge in [-0.2, -0.15) is 0 Å². The standard InChI is InChI=1S/C13H24O3/c1-8(2)7-11(12(14)9(3)4)13(15)16-10(5)6/h9-12,14H,1,7H2,2-6H3/t11-,12-/m1/s1. The summed E-state index contributed by atoms with van der Waals surface area (Å²) in [6.45, 7) is 13.0. The highest BCUT2D eigenvalue weighted by molar-refractivity contribution is 5.73. The van der Waals surface area contributed by atoms with Crippen LogP contribution in [0, 0.1) is 11.8 Å². The van der Waals surface area contributed by atoms with Crippen LogP contribution in [-0.2, 0) is 9.53 Å². The van der Waals surface area contributed by atoms with Crippen molar-refractivity contribution >= 4 is 5.97 Å². The van der Waals surface area contributed by atoms with E-state index in [2.05, 4.69) is 6.58 Å². The van der Waals surface area contributed by atoms with E-state index in [4.69, 9.17) is 4.74 Å². The van der Waals surface area contributed by atoms with Crippen molar-refractivity contribution in [2.24, 2.45) is 11.8 Å². The molecule has 0 aromatic heterocycles. The summed E-state index contributed by atoms with van der Waals surface area (Å²) in [5.41, 5.74) is 0.880. The monoisotopic (exact) mass is 228 g/mol. The fraction of sp³-hybridized carbons (Fsp3) is 0.769. The van der Waals surface area contributed by atoms with E-state index in [0.717, 1.165) is 5.57 Å². The Morgan fingerprint density at radius 2 is 1.81 bits per heavy atom. The maximum absolute atomic E-state index is 11.8. The quantitative estimate of drug-likeness (QED) is 0.561. The number of hydrogen-bond donors (Lipinski definition) is 1. The number of rotatable bonds is 6. The highest BCUT2D eigenvalue weighted by Crippen LogP contribution is 2.22. The average Bonchev–Trinajstić information content (AvgIpc) is 2.11. The Labute approximate surface area is 98.5 Å². The number of aliphatic hydroxyl groups is 1. The molecule has 2 atom stereocenters. The summed E-state index contributed by atoms with van der Waals surface area (Å²) < 4.78 is 5.14. The summed E-state index contributed by atoms with van der Waals surface area (Å²) in [5.74, 6) is -0.803. The molecule has 0 rings (SSSR count). The largest absolute Gasteiger partial charge is 0.463 e. The van der Waals surface area contributed by atoms with Crippen LogP contribution in [0.3, 0.4) is 0 Å². The molecule has 0 saturated heterocycles. The normalized spacial score (nSPS) is 15.0. The number of esters is 1. The molecule has 0 aliphatic rings. The zero-order valence-electron chi connectivity index (χ0n) is 11.0. The molecule has 0 amide bonds. The number of allylic oxidation sites excluding steroid dienone is 1. The van der Waals surface area contributed by atoms with Gasteiger partial charge in [-0.25, -0.2) is 0 Å². The van der Waals surface area contributed by atoms with Crippen molar-refractivity contribution in [2.75, 3.05) is 0 Å². The molecule has 0 fully saturated rings. The summed E-state index contributed by atoms with van der Waals surface area (Å²) in [5, 5.41) is 9.98. The van der Waals surface area contributed by atoms with Gasteiger partial charge in [-0.15, -0.1) is 6.58 Å². The molecule has 0 aliphatic carbocycles. The fourth-order valence-electron chi connectivity index (χ4n) is 1.50. The molecule has 1 N–H and O–H groups in total. The molecule has 0 spiro atoms. The molecule has 0 aromatic carbocycles.